The summed E-state index contributed by atoms with van der Waals surface area (Å²) in [6.07, 6.45) is 1.47. The largest absolute Gasteiger partial charge is 0.455 e. The Morgan fingerprint density at radius 1 is 0.917 bits per heavy atom. The summed E-state index contributed by atoms with van der Waals surface area (Å²) in [6.45, 7) is 3.15. The zero-order chi connectivity index (χ0) is 17.7. The van der Waals surface area contributed by atoms with Crippen molar-refractivity contribution in [3.63, 3.8) is 0 Å². The molecule has 0 aliphatic rings. The van der Waals surface area contributed by atoms with Gasteiger partial charge in [0.25, 0.3) is 0 Å². The molecule has 24 heavy (non-hydrogen) atoms. The van der Waals surface area contributed by atoms with Gasteiger partial charge in [-0.25, -0.2) is 9.78 Å². The summed E-state index contributed by atoms with van der Waals surface area (Å²) in [6, 6.07) is 0. The molecular weight excluding hydrogens is 408 g/mol. The molecule has 1 N–H and O–H groups in total. The summed E-state index contributed by atoms with van der Waals surface area (Å²) in [4.78, 5) is 21.2. The lowest BCUT2D eigenvalue weighted by molar-refractivity contribution is -0.290. The van der Waals surface area contributed by atoms with Crippen molar-refractivity contribution < 1.29 is 24.4 Å². The lowest BCUT2D eigenvalue weighted by atomic mass is 10.5. The Balaban J connectivity index is 3.11. The monoisotopic (exact) mass is 436 g/mol. The molecule has 0 saturated heterocycles. The predicted molar refractivity (Wildman–Crippen MR) is 112 cm³/mol. The summed E-state index contributed by atoms with van der Waals surface area (Å²) in [5, 5.41) is 10.7. The van der Waals surface area contributed by atoms with Gasteiger partial charge in [-0.1, -0.05) is 0 Å². The lowest BCUT2D eigenvalue weighted by Crippen LogP contribution is -2.05. The summed E-state index contributed by atoms with van der Waals surface area (Å²) in [5.41, 5.74) is 0. The van der Waals surface area contributed by atoms with Crippen LogP contribution < -0.4 is 0 Å². The number of hydrogen-bond donors (Lipinski definition) is 1. The Morgan fingerprint density at radius 2 is 1.67 bits per heavy atom. The predicted octanol–water partition coefficient (Wildman–Crippen LogP) is 3.77. The first-order chi connectivity index (χ1) is 11.8. The molecule has 0 unspecified atom stereocenters. The highest BCUT2D eigenvalue weighted by Crippen LogP contribution is 2.19. The molecule has 0 aromatic carbocycles. The van der Waals surface area contributed by atoms with Gasteiger partial charge in [0.15, 0.2) is 0 Å². The van der Waals surface area contributed by atoms with Gasteiger partial charge in [0.2, 0.25) is 0 Å². The molecular formula is C14H28O5S5. The van der Waals surface area contributed by atoms with Gasteiger partial charge in [-0.05, 0) is 19.1 Å². The maximum absolute atomic E-state index is 11.5. The van der Waals surface area contributed by atoms with Crippen LogP contribution in [0.1, 0.15) is 19.8 Å². The van der Waals surface area contributed by atoms with Gasteiger partial charge in [0.05, 0.1) is 25.6 Å². The number of carbonyl (C=O) groups excluding carboxylic acids is 1. The van der Waals surface area contributed by atoms with Crippen molar-refractivity contribution in [2.45, 2.75) is 19.8 Å². The molecule has 0 amide bonds. The van der Waals surface area contributed by atoms with Crippen LogP contribution in [0.25, 0.3) is 0 Å². The molecule has 10 heteroatoms. The number of carbonyl (C=O) groups is 1. The van der Waals surface area contributed by atoms with E-state index in [1.165, 1.54) is 11.8 Å². The van der Waals surface area contributed by atoms with E-state index < -0.39 is 0 Å². The van der Waals surface area contributed by atoms with Crippen LogP contribution in [-0.4, -0.2) is 69.3 Å². The van der Waals surface area contributed by atoms with E-state index in [1.807, 2.05) is 30.4 Å². The standard InChI is InChI=1S/C14H28O5S5/c1-2-18-19-5-3-6-22-12-24-13-23-7-4-14(16)17-11-21-9-8-20-10-15/h15H,2-13H2,1H3. The van der Waals surface area contributed by atoms with E-state index >= 15 is 0 Å². The van der Waals surface area contributed by atoms with E-state index in [9.17, 15) is 4.79 Å². The fourth-order valence-corrected chi connectivity index (χ4v) is 6.02. The Labute approximate surface area is 166 Å². The molecule has 0 fully saturated rings. The van der Waals surface area contributed by atoms with Crippen LogP contribution in [0.15, 0.2) is 0 Å². The number of aliphatic hydroxyl groups excluding tert-OH is 1. The SMILES string of the molecule is CCOOCCCSCSCSCCC(=O)OCSCCSCO. The molecule has 0 aliphatic carbocycles. The van der Waals surface area contributed by atoms with Crippen LogP contribution in [-0.2, 0) is 19.3 Å². The summed E-state index contributed by atoms with van der Waals surface area (Å²) < 4.78 is 5.13. The van der Waals surface area contributed by atoms with Crippen LogP contribution in [0.3, 0.4) is 0 Å². The zero-order valence-corrected chi connectivity index (χ0v) is 18.2. The second-order valence-corrected chi connectivity index (χ2v) is 10.2. The number of thioether (sulfide) groups is 5. The van der Waals surface area contributed by atoms with Crippen molar-refractivity contribution in [1.82, 2.24) is 0 Å². The van der Waals surface area contributed by atoms with E-state index in [0.29, 0.717) is 25.6 Å². The second kappa shape index (κ2) is 22.1. The van der Waals surface area contributed by atoms with Crippen molar-refractivity contribution in [1.29, 1.82) is 0 Å². The Kier molecular flexibility index (Phi) is 23.2. The topological polar surface area (TPSA) is 65.0 Å². The van der Waals surface area contributed by atoms with Crippen molar-refractivity contribution in [2.75, 3.05) is 58.3 Å². The third-order valence-electron chi connectivity index (χ3n) is 2.27. The molecule has 144 valence electrons. The number of ether oxygens (including phenoxy) is 1. The van der Waals surface area contributed by atoms with Crippen LogP contribution >= 0.6 is 58.8 Å². The minimum Gasteiger partial charge on any atom is -0.455 e. The maximum atomic E-state index is 11.5. The second-order valence-electron chi connectivity index (χ2n) is 4.17. The Bertz CT molecular complexity index is 274. The molecule has 0 atom stereocenters. The first-order valence-electron chi connectivity index (χ1n) is 7.70. The van der Waals surface area contributed by atoms with Crippen LogP contribution in [0.2, 0.25) is 0 Å². The molecule has 0 heterocycles. The average molecular weight is 437 g/mol. The van der Waals surface area contributed by atoms with Gasteiger partial charge in [-0.3, -0.25) is 4.79 Å². The maximum Gasteiger partial charge on any atom is 0.307 e. The molecule has 0 aromatic heterocycles. The third kappa shape index (κ3) is 21.1. The van der Waals surface area contributed by atoms with Crippen LogP contribution in [0, 0.1) is 0 Å². The molecule has 0 bridgehead atoms. The van der Waals surface area contributed by atoms with E-state index in [4.69, 9.17) is 19.6 Å². The number of rotatable bonds is 19. The van der Waals surface area contributed by atoms with Gasteiger partial charge in [-0.2, -0.15) is 23.5 Å². The fraction of sp³-hybridized carbons (Fsp3) is 0.929. The van der Waals surface area contributed by atoms with Crippen molar-refractivity contribution in [3.8, 4) is 0 Å². The quantitative estimate of drug-likeness (QED) is 0.106. The van der Waals surface area contributed by atoms with Crippen LogP contribution in [0.4, 0.5) is 0 Å². The highest BCUT2D eigenvalue weighted by molar-refractivity contribution is 8.22. The molecule has 0 rings (SSSR count). The molecule has 0 aliphatic heterocycles. The minimum atomic E-state index is -0.126. The lowest BCUT2D eigenvalue weighted by Gasteiger charge is -2.05. The van der Waals surface area contributed by atoms with Gasteiger partial charge in [-0.15, -0.1) is 35.3 Å². The number of aliphatic hydroxyl groups is 1. The fourth-order valence-electron chi connectivity index (χ4n) is 1.21. The van der Waals surface area contributed by atoms with Crippen molar-refractivity contribution in [3.05, 3.63) is 0 Å². The first kappa shape index (κ1) is 25.1. The summed E-state index contributed by atoms with van der Waals surface area (Å²) >= 11 is 8.60. The highest BCUT2D eigenvalue weighted by Gasteiger charge is 2.03. The summed E-state index contributed by atoms with van der Waals surface area (Å²) in [7, 11) is 0. The van der Waals surface area contributed by atoms with E-state index in [-0.39, 0.29) is 11.9 Å². The van der Waals surface area contributed by atoms with Gasteiger partial charge < -0.3 is 9.84 Å². The minimum absolute atomic E-state index is 0.126. The number of esters is 1. The molecule has 0 aromatic rings. The smallest absolute Gasteiger partial charge is 0.307 e. The summed E-state index contributed by atoms with van der Waals surface area (Å²) in [5.74, 6) is 4.08. The molecule has 0 spiro atoms. The van der Waals surface area contributed by atoms with Crippen LogP contribution in [0.5, 0.6) is 0 Å². The normalized spacial score (nSPS) is 10.9. The highest BCUT2D eigenvalue weighted by atomic mass is 32.2. The molecule has 0 saturated carbocycles. The Morgan fingerprint density at radius 3 is 2.42 bits per heavy atom. The van der Waals surface area contributed by atoms with Gasteiger partial charge in [0.1, 0.15) is 5.94 Å². The van der Waals surface area contributed by atoms with E-state index in [0.717, 1.165) is 39.6 Å². The molecule has 0 radical (unpaired) electrons. The van der Waals surface area contributed by atoms with E-state index in [2.05, 4.69) is 0 Å². The van der Waals surface area contributed by atoms with Crippen molar-refractivity contribution in [2.24, 2.45) is 0 Å². The first-order valence-corrected chi connectivity index (χ1v) is 13.5. The third-order valence-corrected chi connectivity index (χ3v) is 7.72. The average Bonchev–Trinajstić information content (AvgIpc) is 2.59. The molecule has 5 nitrogen and oxygen atoms in total. The van der Waals surface area contributed by atoms with Gasteiger partial charge >= 0.3 is 5.97 Å². The zero-order valence-electron chi connectivity index (χ0n) is 14.1. The van der Waals surface area contributed by atoms with Gasteiger partial charge in [0, 0.05) is 27.4 Å². The number of hydrogen-bond acceptors (Lipinski definition) is 10. The van der Waals surface area contributed by atoms with E-state index in [1.54, 1.807) is 23.5 Å². The van der Waals surface area contributed by atoms with Crippen molar-refractivity contribution >= 4 is 64.8 Å². The Hall–Kier alpha value is 1.10.